The standard InChI is InChI=1S/C18H20ClNO3/c1-3-20-10-9-12-14(19)5-6-16-18(12)13(11-20)15(23-16)7-8-17(21)22-4-2/h5-8H,3-4,9-11H2,1-2H3/b8-7+. The summed E-state index contributed by atoms with van der Waals surface area (Å²) < 4.78 is 10.9. The molecule has 0 saturated carbocycles. The van der Waals surface area contributed by atoms with Crippen molar-refractivity contribution in [2.24, 2.45) is 0 Å². The first-order valence-corrected chi connectivity index (χ1v) is 8.31. The number of furan rings is 1. The number of hydrogen-bond acceptors (Lipinski definition) is 4. The van der Waals surface area contributed by atoms with Crippen molar-refractivity contribution in [1.29, 1.82) is 0 Å². The minimum atomic E-state index is -0.362. The SMILES string of the molecule is CCOC(=O)/C=C/c1oc2ccc(Cl)c3c2c1CN(CC)CC3. The number of hydrogen-bond donors (Lipinski definition) is 0. The van der Waals surface area contributed by atoms with E-state index in [-0.39, 0.29) is 5.97 Å². The number of benzene rings is 1. The summed E-state index contributed by atoms with van der Waals surface area (Å²) in [5.41, 5.74) is 3.05. The fourth-order valence-corrected chi connectivity index (χ4v) is 3.28. The molecule has 0 saturated heterocycles. The number of carbonyl (C=O) groups is 1. The lowest BCUT2D eigenvalue weighted by Gasteiger charge is -2.17. The lowest BCUT2D eigenvalue weighted by molar-refractivity contribution is -0.137. The van der Waals surface area contributed by atoms with Gasteiger partial charge in [-0.25, -0.2) is 4.79 Å². The first-order chi connectivity index (χ1) is 11.1. The van der Waals surface area contributed by atoms with Gasteiger partial charge >= 0.3 is 5.97 Å². The molecule has 0 bridgehead atoms. The molecule has 0 amide bonds. The Kier molecular flexibility index (Phi) is 4.74. The van der Waals surface area contributed by atoms with Crippen molar-refractivity contribution in [1.82, 2.24) is 4.90 Å². The van der Waals surface area contributed by atoms with Gasteiger partial charge in [0.1, 0.15) is 11.3 Å². The minimum absolute atomic E-state index is 0.361. The number of halogens is 1. The van der Waals surface area contributed by atoms with E-state index >= 15 is 0 Å². The normalized spacial score (nSPS) is 15.3. The molecule has 0 spiro atoms. The van der Waals surface area contributed by atoms with Crippen LogP contribution in [0.5, 0.6) is 0 Å². The Bertz CT molecular complexity index is 763. The highest BCUT2D eigenvalue weighted by molar-refractivity contribution is 6.32. The molecule has 0 fully saturated rings. The van der Waals surface area contributed by atoms with Crippen LogP contribution in [0.15, 0.2) is 22.6 Å². The Morgan fingerprint density at radius 3 is 2.96 bits per heavy atom. The first-order valence-electron chi connectivity index (χ1n) is 7.94. The maximum atomic E-state index is 11.6. The van der Waals surface area contributed by atoms with Crippen molar-refractivity contribution in [3.8, 4) is 0 Å². The molecule has 4 nitrogen and oxygen atoms in total. The average molecular weight is 334 g/mol. The summed E-state index contributed by atoms with van der Waals surface area (Å²) in [4.78, 5) is 13.9. The maximum Gasteiger partial charge on any atom is 0.330 e. The second kappa shape index (κ2) is 6.77. The average Bonchev–Trinajstić information content (AvgIpc) is 2.75. The fraction of sp³-hybridized carbons (Fsp3) is 0.389. The van der Waals surface area contributed by atoms with E-state index in [0.29, 0.717) is 12.4 Å². The lowest BCUT2D eigenvalue weighted by Crippen LogP contribution is -2.23. The zero-order chi connectivity index (χ0) is 16.4. The molecular formula is C18H20ClNO3. The first kappa shape index (κ1) is 16.1. The van der Waals surface area contributed by atoms with E-state index in [4.69, 9.17) is 20.8 Å². The largest absolute Gasteiger partial charge is 0.463 e. The van der Waals surface area contributed by atoms with Crippen LogP contribution in [0.4, 0.5) is 0 Å². The number of esters is 1. The van der Waals surface area contributed by atoms with Crippen LogP contribution < -0.4 is 0 Å². The maximum absolute atomic E-state index is 11.6. The van der Waals surface area contributed by atoms with Gasteiger partial charge in [-0.1, -0.05) is 18.5 Å². The van der Waals surface area contributed by atoms with Crippen molar-refractivity contribution in [3.63, 3.8) is 0 Å². The third kappa shape index (κ3) is 3.14. The van der Waals surface area contributed by atoms with Crippen LogP contribution in [0.1, 0.15) is 30.7 Å². The summed E-state index contributed by atoms with van der Waals surface area (Å²) in [6.45, 7) is 7.00. The number of ether oxygens (including phenoxy) is 1. The van der Waals surface area contributed by atoms with Gasteiger partial charge in [0, 0.05) is 35.1 Å². The van der Waals surface area contributed by atoms with Crippen molar-refractivity contribution >= 4 is 34.6 Å². The van der Waals surface area contributed by atoms with E-state index in [1.807, 2.05) is 12.1 Å². The third-order valence-corrected chi connectivity index (χ3v) is 4.56. The van der Waals surface area contributed by atoms with E-state index in [2.05, 4.69) is 11.8 Å². The Labute approximate surface area is 140 Å². The Morgan fingerprint density at radius 2 is 2.22 bits per heavy atom. The highest BCUT2D eigenvalue weighted by Gasteiger charge is 2.23. The fourth-order valence-electron chi connectivity index (χ4n) is 3.03. The molecule has 1 aliphatic heterocycles. The van der Waals surface area contributed by atoms with E-state index < -0.39 is 0 Å². The Balaban J connectivity index is 2.09. The van der Waals surface area contributed by atoms with Gasteiger partial charge < -0.3 is 9.15 Å². The van der Waals surface area contributed by atoms with E-state index in [1.165, 1.54) is 6.08 Å². The molecule has 0 unspecified atom stereocenters. The zero-order valence-electron chi connectivity index (χ0n) is 13.4. The van der Waals surface area contributed by atoms with Crippen LogP contribution >= 0.6 is 11.6 Å². The summed E-state index contributed by atoms with van der Waals surface area (Å²) in [7, 11) is 0. The molecule has 0 aliphatic carbocycles. The predicted octanol–water partition coefficient (Wildman–Crippen LogP) is 4.04. The molecule has 1 aromatic carbocycles. The second-order valence-corrected chi connectivity index (χ2v) is 5.96. The number of carbonyl (C=O) groups excluding carboxylic acids is 1. The third-order valence-electron chi connectivity index (χ3n) is 4.20. The van der Waals surface area contributed by atoms with Crippen LogP contribution in [-0.2, 0) is 22.5 Å². The predicted molar refractivity (Wildman–Crippen MR) is 91.5 cm³/mol. The van der Waals surface area contributed by atoms with Crippen LogP contribution in [-0.4, -0.2) is 30.6 Å². The molecule has 1 aromatic heterocycles. The summed E-state index contributed by atoms with van der Waals surface area (Å²) in [6.07, 6.45) is 4.02. The molecule has 23 heavy (non-hydrogen) atoms. The van der Waals surface area contributed by atoms with Crippen LogP contribution in [0, 0.1) is 0 Å². The molecule has 2 aromatic rings. The van der Waals surface area contributed by atoms with Crippen LogP contribution in [0.2, 0.25) is 5.02 Å². The zero-order valence-corrected chi connectivity index (χ0v) is 14.2. The molecule has 0 radical (unpaired) electrons. The van der Waals surface area contributed by atoms with Crippen molar-refractivity contribution in [2.45, 2.75) is 26.8 Å². The molecule has 0 N–H and O–H groups in total. The Morgan fingerprint density at radius 1 is 1.39 bits per heavy atom. The highest BCUT2D eigenvalue weighted by atomic mass is 35.5. The summed E-state index contributed by atoms with van der Waals surface area (Å²) >= 11 is 6.40. The van der Waals surface area contributed by atoms with Gasteiger partial charge in [-0.15, -0.1) is 0 Å². The van der Waals surface area contributed by atoms with Gasteiger partial charge in [0.25, 0.3) is 0 Å². The molecule has 1 aliphatic rings. The van der Waals surface area contributed by atoms with Crippen molar-refractivity contribution in [3.05, 3.63) is 40.1 Å². The number of rotatable bonds is 4. The molecular weight excluding hydrogens is 314 g/mol. The summed E-state index contributed by atoms with van der Waals surface area (Å²) in [5, 5.41) is 1.87. The number of likely N-dealkylation sites (N-methyl/N-ethyl adjacent to an activating group) is 1. The summed E-state index contributed by atoms with van der Waals surface area (Å²) in [6, 6.07) is 3.78. The van der Waals surface area contributed by atoms with Gasteiger partial charge in [0.05, 0.1) is 6.61 Å². The van der Waals surface area contributed by atoms with E-state index in [9.17, 15) is 4.79 Å². The van der Waals surface area contributed by atoms with Gasteiger partial charge in [-0.2, -0.15) is 0 Å². The molecule has 5 heteroatoms. The van der Waals surface area contributed by atoms with E-state index in [1.54, 1.807) is 13.0 Å². The quantitative estimate of drug-likeness (QED) is 0.625. The highest BCUT2D eigenvalue weighted by Crippen LogP contribution is 2.36. The second-order valence-electron chi connectivity index (χ2n) is 5.55. The van der Waals surface area contributed by atoms with Gasteiger partial charge in [0.2, 0.25) is 0 Å². The van der Waals surface area contributed by atoms with Gasteiger partial charge in [-0.05, 0) is 43.7 Å². The van der Waals surface area contributed by atoms with Crippen LogP contribution in [0.25, 0.3) is 17.0 Å². The van der Waals surface area contributed by atoms with Gasteiger partial charge in [-0.3, -0.25) is 4.90 Å². The molecule has 122 valence electrons. The molecule has 3 rings (SSSR count). The monoisotopic (exact) mass is 333 g/mol. The van der Waals surface area contributed by atoms with Crippen LogP contribution in [0.3, 0.4) is 0 Å². The Hall–Kier alpha value is -1.78. The topological polar surface area (TPSA) is 42.7 Å². The minimum Gasteiger partial charge on any atom is -0.463 e. The van der Waals surface area contributed by atoms with E-state index in [0.717, 1.165) is 53.2 Å². The smallest absolute Gasteiger partial charge is 0.330 e. The van der Waals surface area contributed by atoms with Crippen molar-refractivity contribution in [2.75, 3.05) is 19.7 Å². The number of nitrogens with zero attached hydrogens (tertiary/aromatic N) is 1. The molecule has 0 atom stereocenters. The lowest BCUT2D eigenvalue weighted by atomic mass is 10.0. The molecule has 2 heterocycles. The summed E-state index contributed by atoms with van der Waals surface area (Å²) in [5.74, 6) is 0.344. The van der Waals surface area contributed by atoms with Crippen molar-refractivity contribution < 1.29 is 13.9 Å². The van der Waals surface area contributed by atoms with Gasteiger partial charge in [0.15, 0.2) is 0 Å².